The fourth-order valence-corrected chi connectivity index (χ4v) is 5.65. The van der Waals surface area contributed by atoms with Crippen LogP contribution >= 0.6 is 11.3 Å². The predicted octanol–water partition coefficient (Wildman–Crippen LogP) is 5.81. The standard InChI is InChI=1S/C30H30N6O2S/c1-19-16-22(4-3-12-31)17-20(2)26(19)38-28-25-11-15-39-29(25)35-30(34-28)33-24-9-13-36(14-10-24)18-21-5-7-23(8-6-21)27(32)37/h3-8,11,15-17,24H,9-10,13-14,18H2,1-2H3,(H2,32,37)(H,33,34,35)/b4-3+. The molecule has 0 bridgehead atoms. The Morgan fingerprint density at radius 3 is 2.56 bits per heavy atom. The number of likely N-dealkylation sites (tertiary alicyclic amines) is 1. The zero-order chi connectivity index (χ0) is 27.4. The van der Waals surface area contributed by atoms with Crippen LogP contribution in [0.4, 0.5) is 5.95 Å². The van der Waals surface area contributed by atoms with Crippen LogP contribution in [0.3, 0.4) is 0 Å². The van der Waals surface area contributed by atoms with E-state index in [-0.39, 0.29) is 6.04 Å². The number of nitrogens with one attached hydrogen (secondary N) is 1. The zero-order valence-electron chi connectivity index (χ0n) is 22.0. The maximum Gasteiger partial charge on any atom is 0.248 e. The topological polar surface area (TPSA) is 117 Å². The number of carbonyl (C=O) groups excluding carboxylic acids is 1. The molecule has 4 aromatic rings. The fourth-order valence-electron chi connectivity index (χ4n) is 4.89. The van der Waals surface area contributed by atoms with Gasteiger partial charge in [-0.05, 0) is 90.7 Å². The first kappa shape index (κ1) is 26.4. The maximum atomic E-state index is 11.3. The Balaban J connectivity index is 1.26. The first-order valence-electron chi connectivity index (χ1n) is 12.9. The van der Waals surface area contributed by atoms with Gasteiger partial charge >= 0.3 is 0 Å². The van der Waals surface area contributed by atoms with E-state index in [1.54, 1.807) is 29.5 Å². The molecule has 198 valence electrons. The number of nitriles is 1. The number of carbonyl (C=O) groups is 1. The molecule has 0 aliphatic carbocycles. The van der Waals surface area contributed by atoms with Crippen LogP contribution in [-0.2, 0) is 6.54 Å². The summed E-state index contributed by atoms with van der Waals surface area (Å²) in [5.74, 6) is 1.47. The zero-order valence-corrected chi connectivity index (χ0v) is 22.8. The summed E-state index contributed by atoms with van der Waals surface area (Å²) in [4.78, 5) is 24.1. The number of primary amides is 1. The third-order valence-corrected chi connectivity index (χ3v) is 7.69. The van der Waals surface area contributed by atoms with E-state index in [2.05, 4.69) is 10.2 Å². The van der Waals surface area contributed by atoms with Crippen LogP contribution in [0.2, 0.25) is 0 Å². The highest BCUT2D eigenvalue weighted by Crippen LogP contribution is 2.35. The first-order chi connectivity index (χ1) is 18.9. The molecule has 5 rings (SSSR count). The van der Waals surface area contributed by atoms with E-state index in [1.807, 2.05) is 55.6 Å². The lowest BCUT2D eigenvalue weighted by molar-refractivity contribution is 0.1000. The van der Waals surface area contributed by atoms with E-state index in [0.29, 0.717) is 17.4 Å². The van der Waals surface area contributed by atoms with Crippen molar-refractivity contribution in [2.75, 3.05) is 18.4 Å². The van der Waals surface area contributed by atoms with Crippen molar-refractivity contribution >= 4 is 39.5 Å². The van der Waals surface area contributed by atoms with Gasteiger partial charge in [-0.1, -0.05) is 12.1 Å². The highest BCUT2D eigenvalue weighted by molar-refractivity contribution is 7.16. The summed E-state index contributed by atoms with van der Waals surface area (Å²) in [6, 6.07) is 15.8. The summed E-state index contributed by atoms with van der Waals surface area (Å²) in [5.41, 5.74) is 9.95. The third kappa shape index (κ3) is 6.25. The van der Waals surface area contributed by atoms with Crippen molar-refractivity contribution in [3.63, 3.8) is 0 Å². The number of hydrogen-bond donors (Lipinski definition) is 2. The number of nitrogens with zero attached hydrogens (tertiary/aromatic N) is 4. The van der Waals surface area contributed by atoms with E-state index in [9.17, 15) is 4.79 Å². The minimum absolute atomic E-state index is 0.262. The van der Waals surface area contributed by atoms with Crippen molar-refractivity contribution in [3.05, 3.63) is 81.7 Å². The molecule has 39 heavy (non-hydrogen) atoms. The van der Waals surface area contributed by atoms with Crippen LogP contribution < -0.4 is 15.8 Å². The molecule has 1 fully saturated rings. The number of ether oxygens (including phenoxy) is 1. The highest BCUT2D eigenvalue weighted by Gasteiger charge is 2.21. The summed E-state index contributed by atoms with van der Waals surface area (Å²) < 4.78 is 6.40. The first-order valence-corrected chi connectivity index (χ1v) is 13.8. The molecule has 1 aliphatic heterocycles. The Morgan fingerprint density at radius 2 is 1.90 bits per heavy atom. The van der Waals surface area contributed by atoms with Gasteiger partial charge in [0.05, 0.1) is 11.5 Å². The van der Waals surface area contributed by atoms with Crippen LogP contribution in [0, 0.1) is 25.2 Å². The van der Waals surface area contributed by atoms with Gasteiger partial charge in [0.2, 0.25) is 17.7 Å². The van der Waals surface area contributed by atoms with Gasteiger partial charge < -0.3 is 15.8 Å². The number of aryl methyl sites for hydroxylation is 2. The van der Waals surface area contributed by atoms with Crippen molar-refractivity contribution in [1.29, 1.82) is 5.26 Å². The molecule has 1 amide bonds. The molecule has 0 unspecified atom stereocenters. The lowest BCUT2D eigenvalue weighted by atomic mass is 10.0. The number of anilines is 1. The Labute approximate surface area is 231 Å². The van der Waals surface area contributed by atoms with Crippen molar-refractivity contribution < 1.29 is 9.53 Å². The molecule has 0 radical (unpaired) electrons. The number of nitrogens with two attached hydrogens (primary N) is 1. The molecule has 1 aliphatic rings. The minimum atomic E-state index is -0.405. The normalized spacial score (nSPS) is 14.5. The molecular formula is C30H30N6O2S. The predicted molar refractivity (Wildman–Crippen MR) is 155 cm³/mol. The molecule has 1 saturated heterocycles. The van der Waals surface area contributed by atoms with Gasteiger partial charge in [0, 0.05) is 37.3 Å². The number of allylic oxidation sites excluding steroid dienone is 1. The number of thiophene rings is 1. The Morgan fingerprint density at radius 1 is 1.18 bits per heavy atom. The average molecular weight is 539 g/mol. The number of hydrogen-bond acceptors (Lipinski definition) is 8. The van der Waals surface area contributed by atoms with Crippen molar-refractivity contribution in [1.82, 2.24) is 14.9 Å². The lowest BCUT2D eigenvalue weighted by Crippen LogP contribution is -2.39. The molecule has 2 aromatic heterocycles. The average Bonchev–Trinajstić information content (AvgIpc) is 3.40. The highest BCUT2D eigenvalue weighted by atomic mass is 32.1. The Bertz CT molecular complexity index is 1540. The second kappa shape index (κ2) is 11.6. The van der Waals surface area contributed by atoms with Gasteiger partial charge in [0.15, 0.2) is 0 Å². The monoisotopic (exact) mass is 538 g/mol. The molecule has 3 N–H and O–H groups in total. The summed E-state index contributed by atoms with van der Waals surface area (Å²) >= 11 is 1.56. The Hall–Kier alpha value is -4.26. The number of rotatable bonds is 8. The van der Waals surface area contributed by atoms with Crippen molar-refractivity contribution in [2.24, 2.45) is 5.73 Å². The molecular weight excluding hydrogens is 508 g/mol. The minimum Gasteiger partial charge on any atom is -0.438 e. The van der Waals surface area contributed by atoms with Crippen LogP contribution in [0.5, 0.6) is 11.6 Å². The van der Waals surface area contributed by atoms with Gasteiger partial charge in [0.25, 0.3) is 0 Å². The Kier molecular flexibility index (Phi) is 7.87. The van der Waals surface area contributed by atoms with Gasteiger partial charge in [0.1, 0.15) is 10.6 Å². The number of aromatic nitrogens is 2. The number of piperidine rings is 1. The van der Waals surface area contributed by atoms with E-state index in [4.69, 9.17) is 25.7 Å². The molecule has 0 spiro atoms. The third-order valence-electron chi connectivity index (χ3n) is 6.89. The summed E-state index contributed by atoms with van der Waals surface area (Å²) in [6.45, 7) is 6.73. The SMILES string of the molecule is Cc1cc(/C=C/C#N)cc(C)c1Oc1nc(NC2CCN(Cc3ccc(C(N)=O)cc3)CC2)nc2sccc12. The van der Waals surface area contributed by atoms with Gasteiger partial charge in [-0.3, -0.25) is 9.69 Å². The van der Waals surface area contributed by atoms with Crippen LogP contribution in [0.1, 0.15) is 45.5 Å². The molecule has 8 nitrogen and oxygen atoms in total. The van der Waals surface area contributed by atoms with E-state index >= 15 is 0 Å². The lowest BCUT2D eigenvalue weighted by Gasteiger charge is -2.32. The van der Waals surface area contributed by atoms with Gasteiger partial charge in [-0.2, -0.15) is 10.2 Å². The summed E-state index contributed by atoms with van der Waals surface area (Å²) in [7, 11) is 0. The molecule has 3 heterocycles. The second-order valence-electron chi connectivity index (χ2n) is 9.80. The van der Waals surface area contributed by atoms with E-state index < -0.39 is 5.91 Å². The van der Waals surface area contributed by atoms with Gasteiger partial charge in [-0.25, -0.2) is 4.98 Å². The number of amides is 1. The maximum absolute atomic E-state index is 11.3. The smallest absolute Gasteiger partial charge is 0.248 e. The van der Waals surface area contributed by atoms with Crippen LogP contribution in [0.25, 0.3) is 16.3 Å². The van der Waals surface area contributed by atoms with E-state index in [0.717, 1.165) is 65.1 Å². The van der Waals surface area contributed by atoms with Crippen LogP contribution in [0.15, 0.2) is 53.9 Å². The number of fused-ring (bicyclic) bond motifs is 1. The molecule has 9 heteroatoms. The summed E-state index contributed by atoms with van der Waals surface area (Å²) in [5, 5.41) is 15.3. The van der Waals surface area contributed by atoms with E-state index in [1.165, 1.54) is 11.6 Å². The molecule has 0 saturated carbocycles. The van der Waals surface area contributed by atoms with Gasteiger partial charge in [-0.15, -0.1) is 11.3 Å². The largest absolute Gasteiger partial charge is 0.438 e. The fraction of sp³-hybridized carbons (Fsp3) is 0.267. The molecule has 0 atom stereocenters. The van der Waals surface area contributed by atoms with Crippen molar-refractivity contribution in [2.45, 2.75) is 39.3 Å². The second-order valence-corrected chi connectivity index (χ2v) is 10.7. The summed E-state index contributed by atoms with van der Waals surface area (Å²) in [6.07, 6.45) is 5.20. The molecule has 2 aromatic carbocycles. The van der Waals surface area contributed by atoms with Crippen LogP contribution in [-0.4, -0.2) is 39.9 Å². The van der Waals surface area contributed by atoms with Crippen molar-refractivity contribution in [3.8, 4) is 17.7 Å². The number of benzene rings is 2. The quantitative estimate of drug-likeness (QED) is 0.272.